The summed E-state index contributed by atoms with van der Waals surface area (Å²) in [5, 5.41) is 3.49. The first-order chi connectivity index (χ1) is 8.74. The molecule has 1 heterocycles. The Balaban J connectivity index is 2.35. The first kappa shape index (κ1) is 12.6. The van der Waals surface area contributed by atoms with Crippen molar-refractivity contribution in [1.29, 1.82) is 0 Å². The molecule has 2 rings (SSSR count). The largest absolute Gasteiger partial charge is 0.492 e. The number of nitrogens with one attached hydrogen (secondary N) is 1. The summed E-state index contributed by atoms with van der Waals surface area (Å²) in [7, 11) is 1.78. The van der Waals surface area contributed by atoms with Crippen LogP contribution in [0.25, 0.3) is 11.3 Å². The molecule has 0 atom stereocenters. The van der Waals surface area contributed by atoms with Gasteiger partial charge in [-0.25, -0.2) is 9.97 Å². The molecule has 1 aromatic heterocycles. The van der Waals surface area contributed by atoms with Crippen molar-refractivity contribution in [2.75, 3.05) is 19.0 Å². The molecular formula is C13H14ClN3O. The Labute approximate surface area is 111 Å². The van der Waals surface area contributed by atoms with Crippen LogP contribution in [0.5, 0.6) is 5.75 Å². The van der Waals surface area contributed by atoms with Crippen molar-refractivity contribution >= 4 is 17.5 Å². The zero-order valence-electron chi connectivity index (χ0n) is 10.3. The molecule has 0 bridgehead atoms. The predicted octanol–water partition coefficient (Wildman–Crippen LogP) is 3.24. The highest BCUT2D eigenvalue weighted by atomic mass is 35.5. The lowest BCUT2D eigenvalue weighted by Gasteiger charge is -2.08. The molecule has 4 nitrogen and oxygen atoms in total. The van der Waals surface area contributed by atoms with E-state index >= 15 is 0 Å². The quantitative estimate of drug-likeness (QED) is 0.920. The third-order valence-corrected chi connectivity index (χ3v) is 2.70. The van der Waals surface area contributed by atoms with Gasteiger partial charge in [-0.15, -0.1) is 0 Å². The Kier molecular flexibility index (Phi) is 3.99. The lowest BCUT2D eigenvalue weighted by atomic mass is 10.1. The summed E-state index contributed by atoms with van der Waals surface area (Å²) in [6.07, 6.45) is 1.71. The lowest BCUT2D eigenvalue weighted by Crippen LogP contribution is -1.97. The van der Waals surface area contributed by atoms with E-state index in [1.165, 1.54) is 0 Å². The van der Waals surface area contributed by atoms with Crippen LogP contribution < -0.4 is 10.1 Å². The zero-order chi connectivity index (χ0) is 13.0. The van der Waals surface area contributed by atoms with E-state index in [1.54, 1.807) is 13.2 Å². The van der Waals surface area contributed by atoms with Crippen molar-refractivity contribution in [2.24, 2.45) is 0 Å². The van der Waals surface area contributed by atoms with E-state index in [1.807, 2.05) is 31.2 Å². The van der Waals surface area contributed by atoms with Gasteiger partial charge in [-0.3, -0.25) is 0 Å². The van der Waals surface area contributed by atoms with Crippen molar-refractivity contribution < 1.29 is 4.74 Å². The van der Waals surface area contributed by atoms with Crippen LogP contribution in [0.4, 0.5) is 5.95 Å². The number of ether oxygens (including phenoxy) is 1. The minimum Gasteiger partial charge on any atom is -0.492 e. The lowest BCUT2D eigenvalue weighted by molar-refractivity contribution is 0.340. The van der Waals surface area contributed by atoms with Crippen LogP contribution in [0.2, 0.25) is 5.02 Å². The number of hydrogen-bond acceptors (Lipinski definition) is 4. The van der Waals surface area contributed by atoms with Crippen molar-refractivity contribution in [1.82, 2.24) is 9.97 Å². The van der Waals surface area contributed by atoms with E-state index in [-0.39, 0.29) is 0 Å². The summed E-state index contributed by atoms with van der Waals surface area (Å²) in [4.78, 5) is 8.43. The van der Waals surface area contributed by atoms with Gasteiger partial charge in [0.2, 0.25) is 5.95 Å². The molecule has 0 aliphatic rings. The van der Waals surface area contributed by atoms with Gasteiger partial charge in [0.15, 0.2) is 0 Å². The van der Waals surface area contributed by atoms with Crippen LogP contribution in [-0.2, 0) is 0 Å². The Morgan fingerprint density at radius 1 is 1.33 bits per heavy atom. The second kappa shape index (κ2) is 5.69. The summed E-state index contributed by atoms with van der Waals surface area (Å²) in [5.74, 6) is 1.27. The molecule has 5 heteroatoms. The fraction of sp³-hybridized carbons (Fsp3) is 0.231. The Morgan fingerprint density at radius 2 is 2.17 bits per heavy atom. The van der Waals surface area contributed by atoms with Gasteiger partial charge in [-0.2, -0.15) is 0 Å². The summed E-state index contributed by atoms with van der Waals surface area (Å²) in [5.41, 5.74) is 1.75. The molecule has 0 unspecified atom stereocenters. The molecule has 1 N–H and O–H groups in total. The van der Waals surface area contributed by atoms with Crippen molar-refractivity contribution in [3.63, 3.8) is 0 Å². The number of anilines is 1. The third-order valence-electron chi connectivity index (χ3n) is 2.41. The smallest absolute Gasteiger partial charge is 0.222 e. The van der Waals surface area contributed by atoms with Crippen LogP contribution in [0, 0.1) is 0 Å². The van der Waals surface area contributed by atoms with E-state index in [2.05, 4.69) is 15.3 Å². The number of rotatable bonds is 4. The van der Waals surface area contributed by atoms with E-state index in [0.29, 0.717) is 23.3 Å². The molecule has 0 fully saturated rings. The molecular weight excluding hydrogens is 250 g/mol. The Hall–Kier alpha value is -1.81. The number of halogens is 1. The zero-order valence-corrected chi connectivity index (χ0v) is 11.0. The molecule has 0 aliphatic heterocycles. The number of benzene rings is 1. The van der Waals surface area contributed by atoms with Gasteiger partial charge < -0.3 is 10.1 Å². The minimum absolute atomic E-state index is 0.581. The van der Waals surface area contributed by atoms with Gasteiger partial charge in [0.1, 0.15) is 5.75 Å². The highest BCUT2D eigenvalue weighted by molar-refractivity contribution is 6.32. The van der Waals surface area contributed by atoms with E-state index < -0.39 is 0 Å². The predicted molar refractivity (Wildman–Crippen MR) is 73.2 cm³/mol. The van der Waals surface area contributed by atoms with E-state index in [9.17, 15) is 0 Å². The summed E-state index contributed by atoms with van der Waals surface area (Å²) in [6, 6.07) is 7.46. The van der Waals surface area contributed by atoms with Gasteiger partial charge >= 0.3 is 0 Å². The van der Waals surface area contributed by atoms with Crippen LogP contribution >= 0.6 is 11.6 Å². The maximum atomic E-state index is 6.15. The summed E-state index contributed by atoms with van der Waals surface area (Å²) in [6.45, 7) is 2.52. The van der Waals surface area contributed by atoms with Crippen LogP contribution in [0.1, 0.15) is 6.92 Å². The fourth-order valence-corrected chi connectivity index (χ4v) is 1.81. The summed E-state index contributed by atoms with van der Waals surface area (Å²) < 4.78 is 5.40. The van der Waals surface area contributed by atoms with Gasteiger partial charge in [0.25, 0.3) is 0 Å². The van der Waals surface area contributed by atoms with Gasteiger partial charge in [-0.05, 0) is 31.2 Å². The first-order valence-electron chi connectivity index (χ1n) is 5.68. The number of aromatic nitrogens is 2. The molecule has 0 aliphatic carbocycles. The van der Waals surface area contributed by atoms with Crippen molar-refractivity contribution in [3.05, 3.63) is 35.5 Å². The molecule has 0 amide bonds. The molecule has 0 saturated heterocycles. The highest BCUT2D eigenvalue weighted by Gasteiger charge is 2.06. The SMILES string of the molecule is CCOc1ccc(-c2ccnc(NC)n2)cc1Cl. The minimum atomic E-state index is 0.581. The normalized spacial score (nSPS) is 10.2. The molecule has 0 spiro atoms. The average Bonchev–Trinajstić information content (AvgIpc) is 2.41. The van der Waals surface area contributed by atoms with Crippen LogP contribution in [0.3, 0.4) is 0 Å². The topological polar surface area (TPSA) is 47.0 Å². The maximum absolute atomic E-state index is 6.15. The molecule has 0 radical (unpaired) electrons. The Bertz CT molecular complexity index is 546. The molecule has 2 aromatic rings. The van der Waals surface area contributed by atoms with Crippen molar-refractivity contribution in [3.8, 4) is 17.0 Å². The van der Waals surface area contributed by atoms with Crippen LogP contribution in [0.15, 0.2) is 30.5 Å². The molecule has 0 saturated carbocycles. The monoisotopic (exact) mass is 263 g/mol. The maximum Gasteiger partial charge on any atom is 0.222 e. The van der Waals surface area contributed by atoms with E-state index in [4.69, 9.17) is 16.3 Å². The van der Waals surface area contributed by atoms with Crippen LogP contribution in [-0.4, -0.2) is 23.6 Å². The number of nitrogens with zero attached hydrogens (tertiary/aromatic N) is 2. The van der Waals surface area contributed by atoms with Gasteiger partial charge in [0, 0.05) is 18.8 Å². The first-order valence-corrected chi connectivity index (χ1v) is 6.06. The second-order valence-corrected chi connectivity index (χ2v) is 4.00. The summed E-state index contributed by atoms with van der Waals surface area (Å²) >= 11 is 6.15. The van der Waals surface area contributed by atoms with E-state index in [0.717, 1.165) is 11.3 Å². The second-order valence-electron chi connectivity index (χ2n) is 3.59. The molecule has 1 aromatic carbocycles. The molecule has 18 heavy (non-hydrogen) atoms. The molecule has 94 valence electrons. The average molecular weight is 264 g/mol. The van der Waals surface area contributed by atoms with Gasteiger partial charge in [0.05, 0.1) is 17.3 Å². The Morgan fingerprint density at radius 3 is 2.83 bits per heavy atom. The fourth-order valence-electron chi connectivity index (χ4n) is 1.57. The third kappa shape index (κ3) is 2.71. The standard InChI is InChI=1S/C13H14ClN3O/c1-3-18-12-5-4-9(8-10(12)14)11-6-7-16-13(15-2)17-11/h4-8H,3H2,1-2H3,(H,15,16,17). The highest BCUT2D eigenvalue weighted by Crippen LogP contribution is 2.29. The van der Waals surface area contributed by atoms with Crippen molar-refractivity contribution in [2.45, 2.75) is 6.92 Å². The number of hydrogen-bond donors (Lipinski definition) is 1. The van der Waals surface area contributed by atoms with Gasteiger partial charge in [-0.1, -0.05) is 11.6 Å².